The number of carbonyl (C=O) groups excluding carboxylic acids is 1. The molecule has 0 aliphatic rings. The van der Waals surface area contributed by atoms with E-state index in [1.807, 2.05) is 0 Å². The molecule has 1 aromatic rings. The number of hydrogen-bond acceptors (Lipinski definition) is 3. The number of halogens is 1. The average Bonchev–Trinajstić information content (AvgIpc) is 2.21. The van der Waals surface area contributed by atoms with Crippen LogP contribution in [0.4, 0.5) is 4.39 Å². The summed E-state index contributed by atoms with van der Waals surface area (Å²) in [5, 5.41) is 11.9. The molecule has 1 aromatic carbocycles. The van der Waals surface area contributed by atoms with Gasteiger partial charge in [0.05, 0.1) is 5.56 Å². The minimum atomic E-state index is -0.571. The van der Waals surface area contributed by atoms with Crippen molar-refractivity contribution in [1.29, 1.82) is 0 Å². The van der Waals surface area contributed by atoms with Crippen LogP contribution in [0.3, 0.4) is 0 Å². The number of carbonyl (C=O) groups is 1. The van der Waals surface area contributed by atoms with Gasteiger partial charge in [0.2, 0.25) is 0 Å². The number of phenolic OH excluding ortho intramolecular Hbond substituents is 1. The molecule has 0 saturated heterocycles. The summed E-state index contributed by atoms with van der Waals surface area (Å²) in [6, 6.07) is 2.98. The maximum atomic E-state index is 12.8. The molecule has 0 heterocycles. The van der Waals surface area contributed by atoms with Crippen molar-refractivity contribution in [2.24, 2.45) is 5.73 Å². The molecule has 0 aliphatic carbocycles. The maximum Gasteiger partial charge on any atom is 0.255 e. The van der Waals surface area contributed by atoms with Crippen LogP contribution in [0.25, 0.3) is 0 Å². The Hall–Kier alpha value is -1.62. The topological polar surface area (TPSA) is 75.3 Å². The van der Waals surface area contributed by atoms with Gasteiger partial charge < -0.3 is 16.2 Å². The molecular weight excluding hydrogens is 199 g/mol. The average molecular weight is 212 g/mol. The highest BCUT2D eigenvalue weighted by molar-refractivity contribution is 5.96. The quantitative estimate of drug-likeness (QED) is 0.687. The second kappa shape index (κ2) is 4.75. The highest BCUT2D eigenvalue weighted by Gasteiger charge is 2.13. The van der Waals surface area contributed by atoms with Crippen LogP contribution in [0.5, 0.6) is 5.75 Å². The largest absolute Gasteiger partial charge is 0.507 e. The van der Waals surface area contributed by atoms with E-state index in [9.17, 15) is 14.3 Å². The van der Waals surface area contributed by atoms with E-state index < -0.39 is 11.7 Å². The summed E-state index contributed by atoms with van der Waals surface area (Å²) in [5.41, 5.74) is 5.23. The van der Waals surface area contributed by atoms with E-state index in [1.54, 1.807) is 6.92 Å². The third-order valence-electron chi connectivity index (χ3n) is 1.93. The summed E-state index contributed by atoms with van der Waals surface area (Å²) in [6.45, 7) is 2.00. The minimum absolute atomic E-state index is 0.0877. The highest BCUT2D eigenvalue weighted by Crippen LogP contribution is 2.17. The van der Waals surface area contributed by atoms with Gasteiger partial charge >= 0.3 is 0 Å². The normalized spacial score (nSPS) is 12.2. The van der Waals surface area contributed by atoms with Gasteiger partial charge in [-0.2, -0.15) is 0 Å². The Labute approximate surface area is 86.9 Å². The highest BCUT2D eigenvalue weighted by atomic mass is 19.1. The number of hydrogen-bond donors (Lipinski definition) is 3. The number of benzene rings is 1. The molecule has 0 saturated carbocycles. The van der Waals surface area contributed by atoms with Crippen molar-refractivity contribution < 1.29 is 14.3 Å². The number of aromatic hydroxyl groups is 1. The number of rotatable bonds is 3. The van der Waals surface area contributed by atoms with E-state index in [2.05, 4.69) is 5.32 Å². The Balaban J connectivity index is 2.86. The predicted octanol–water partition coefficient (Wildman–Crippen LogP) is 0.608. The third-order valence-corrected chi connectivity index (χ3v) is 1.93. The van der Waals surface area contributed by atoms with Gasteiger partial charge in [-0.15, -0.1) is 0 Å². The molecule has 0 aliphatic heterocycles. The van der Waals surface area contributed by atoms with Crippen LogP contribution in [-0.4, -0.2) is 23.6 Å². The first-order valence-electron chi connectivity index (χ1n) is 4.54. The van der Waals surface area contributed by atoms with Crippen molar-refractivity contribution in [1.82, 2.24) is 5.32 Å². The lowest BCUT2D eigenvalue weighted by atomic mass is 10.1. The molecule has 4 N–H and O–H groups in total. The molecule has 5 heteroatoms. The van der Waals surface area contributed by atoms with E-state index >= 15 is 0 Å². The zero-order valence-electron chi connectivity index (χ0n) is 8.33. The molecule has 0 spiro atoms. The SMILES string of the molecule is C[C@H](CN)NC(=O)c1cc(F)ccc1O. The van der Waals surface area contributed by atoms with Crippen LogP contribution in [0.2, 0.25) is 0 Å². The van der Waals surface area contributed by atoms with Gasteiger partial charge in [0.1, 0.15) is 11.6 Å². The zero-order chi connectivity index (χ0) is 11.4. The lowest BCUT2D eigenvalue weighted by Crippen LogP contribution is -2.37. The molecule has 0 fully saturated rings. The molecule has 82 valence electrons. The van der Waals surface area contributed by atoms with Crippen molar-refractivity contribution in [3.8, 4) is 5.75 Å². The molecule has 1 atom stereocenters. The van der Waals surface area contributed by atoms with E-state index in [0.29, 0.717) is 0 Å². The summed E-state index contributed by atoms with van der Waals surface area (Å²) in [6.07, 6.45) is 0. The van der Waals surface area contributed by atoms with Gasteiger partial charge in [-0.05, 0) is 25.1 Å². The van der Waals surface area contributed by atoms with Crippen molar-refractivity contribution in [3.05, 3.63) is 29.6 Å². The fourth-order valence-electron chi connectivity index (χ4n) is 1.05. The van der Waals surface area contributed by atoms with Crippen LogP contribution >= 0.6 is 0 Å². The molecule has 4 nitrogen and oxygen atoms in total. The van der Waals surface area contributed by atoms with Gasteiger partial charge in [0.25, 0.3) is 5.91 Å². The Morgan fingerprint density at radius 1 is 1.67 bits per heavy atom. The molecule has 1 amide bonds. The van der Waals surface area contributed by atoms with Gasteiger partial charge in [-0.3, -0.25) is 4.79 Å². The van der Waals surface area contributed by atoms with Crippen LogP contribution < -0.4 is 11.1 Å². The summed E-state index contributed by atoms with van der Waals surface area (Å²) >= 11 is 0. The Kier molecular flexibility index (Phi) is 3.62. The Morgan fingerprint density at radius 2 is 2.33 bits per heavy atom. The fraction of sp³-hybridized carbons (Fsp3) is 0.300. The monoisotopic (exact) mass is 212 g/mol. The Bertz CT molecular complexity index is 368. The summed E-state index contributed by atoms with van der Waals surface area (Å²) in [4.78, 5) is 11.5. The van der Waals surface area contributed by atoms with Gasteiger partial charge in [-0.1, -0.05) is 0 Å². The second-order valence-corrected chi connectivity index (χ2v) is 3.27. The number of nitrogens with two attached hydrogens (primary N) is 1. The van der Waals surface area contributed by atoms with Crippen LogP contribution in [-0.2, 0) is 0 Å². The van der Waals surface area contributed by atoms with Crippen LogP contribution in [0.1, 0.15) is 17.3 Å². The van der Waals surface area contributed by atoms with Gasteiger partial charge in [0.15, 0.2) is 0 Å². The molecule has 0 radical (unpaired) electrons. The molecule has 15 heavy (non-hydrogen) atoms. The second-order valence-electron chi connectivity index (χ2n) is 3.27. The van der Waals surface area contributed by atoms with Gasteiger partial charge in [-0.25, -0.2) is 4.39 Å². The molecule has 1 rings (SSSR count). The Morgan fingerprint density at radius 3 is 2.93 bits per heavy atom. The number of amides is 1. The minimum Gasteiger partial charge on any atom is -0.507 e. The lowest BCUT2D eigenvalue weighted by Gasteiger charge is -2.11. The number of phenols is 1. The molecule has 0 bridgehead atoms. The van der Waals surface area contributed by atoms with Crippen molar-refractivity contribution >= 4 is 5.91 Å². The molecule has 0 aromatic heterocycles. The number of nitrogens with one attached hydrogen (secondary N) is 1. The van der Waals surface area contributed by atoms with E-state index in [-0.39, 0.29) is 23.9 Å². The summed E-state index contributed by atoms with van der Waals surface area (Å²) in [7, 11) is 0. The van der Waals surface area contributed by atoms with Crippen LogP contribution in [0.15, 0.2) is 18.2 Å². The first-order chi connectivity index (χ1) is 7.04. The first kappa shape index (κ1) is 11.5. The lowest BCUT2D eigenvalue weighted by molar-refractivity contribution is 0.0938. The standard InChI is InChI=1S/C10H13FN2O2/c1-6(5-12)13-10(15)8-4-7(11)2-3-9(8)14/h2-4,6,14H,5,12H2,1H3,(H,13,15)/t6-/m1/s1. The molecular formula is C10H13FN2O2. The zero-order valence-corrected chi connectivity index (χ0v) is 8.33. The van der Waals surface area contributed by atoms with E-state index in [4.69, 9.17) is 5.73 Å². The van der Waals surface area contributed by atoms with Crippen molar-refractivity contribution in [2.45, 2.75) is 13.0 Å². The first-order valence-corrected chi connectivity index (χ1v) is 4.54. The summed E-state index contributed by atoms with van der Waals surface area (Å²) < 4.78 is 12.8. The smallest absolute Gasteiger partial charge is 0.255 e. The van der Waals surface area contributed by atoms with E-state index in [1.165, 1.54) is 0 Å². The van der Waals surface area contributed by atoms with Gasteiger partial charge in [0, 0.05) is 12.6 Å². The third kappa shape index (κ3) is 2.92. The van der Waals surface area contributed by atoms with Crippen LogP contribution in [0, 0.1) is 5.82 Å². The maximum absolute atomic E-state index is 12.8. The fourth-order valence-corrected chi connectivity index (χ4v) is 1.05. The van der Waals surface area contributed by atoms with E-state index in [0.717, 1.165) is 18.2 Å². The van der Waals surface area contributed by atoms with Crippen molar-refractivity contribution in [3.63, 3.8) is 0 Å². The predicted molar refractivity (Wildman–Crippen MR) is 54.0 cm³/mol. The molecule has 0 unspecified atom stereocenters. The van der Waals surface area contributed by atoms with Crippen molar-refractivity contribution in [2.75, 3.05) is 6.54 Å². The summed E-state index contributed by atoms with van der Waals surface area (Å²) in [5.74, 6) is -1.36.